The Labute approximate surface area is 106 Å². The van der Waals surface area contributed by atoms with E-state index in [4.69, 9.17) is 0 Å². The van der Waals surface area contributed by atoms with E-state index in [2.05, 4.69) is 15.4 Å². The topological polar surface area (TPSA) is 59.8 Å². The summed E-state index contributed by atoms with van der Waals surface area (Å²) >= 11 is 0. The zero-order valence-electron chi connectivity index (χ0n) is 10.6. The van der Waals surface area contributed by atoms with Crippen molar-refractivity contribution < 1.29 is 4.79 Å². The molecule has 0 aliphatic carbocycles. The normalized spacial score (nSPS) is 10.3. The molecule has 0 aromatic carbocycles. The third-order valence-electron chi connectivity index (χ3n) is 2.63. The second-order valence-electron chi connectivity index (χ2n) is 4.12. The molecule has 0 fully saturated rings. The van der Waals surface area contributed by atoms with E-state index in [9.17, 15) is 4.79 Å². The van der Waals surface area contributed by atoms with Crippen molar-refractivity contribution in [3.05, 3.63) is 47.5 Å². The summed E-state index contributed by atoms with van der Waals surface area (Å²) in [5.41, 5.74) is 2.39. The van der Waals surface area contributed by atoms with Gasteiger partial charge in [-0.3, -0.25) is 14.5 Å². The van der Waals surface area contributed by atoms with E-state index >= 15 is 0 Å². The van der Waals surface area contributed by atoms with Crippen LogP contribution in [0.4, 0.5) is 0 Å². The summed E-state index contributed by atoms with van der Waals surface area (Å²) in [6.45, 7) is 2.44. The zero-order valence-corrected chi connectivity index (χ0v) is 10.6. The highest BCUT2D eigenvalue weighted by atomic mass is 16.2. The van der Waals surface area contributed by atoms with Crippen molar-refractivity contribution in [3.8, 4) is 0 Å². The first-order chi connectivity index (χ1) is 8.66. The van der Waals surface area contributed by atoms with Crippen LogP contribution >= 0.6 is 0 Å². The Hall–Kier alpha value is -2.17. The summed E-state index contributed by atoms with van der Waals surface area (Å²) in [5, 5.41) is 7.00. The van der Waals surface area contributed by atoms with Crippen LogP contribution < -0.4 is 5.32 Å². The lowest BCUT2D eigenvalue weighted by Crippen LogP contribution is -2.27. The average Bonchev–Trinajstić information content (AvgIpc) is 2.70. The fourth-order valence-corrected chi connectivity index (χ4v) is 1.76. The van der Waals surface area contributed by atoms with Gasteiger partial charge in [0, 0.05) is 31.9 Å². The first-order valence-electron chi connectivity index (χ1n) is 5.85. The van der Waals surface area contributed by atoms with Crippen LogP contribution in [0.15, 0.2) is 30.5 Å². The van der Waals surface area contributed by atoms with Gasteiger partial charge in [-0.25, -0.2) is 0 Å². The maximum Gasteiger partial charge on any atom is 0.269 e. The highest BCUT2D eigenvalue weighted by molar-refractivity contribution is 5.92. The smallest absolute Gasteiger partial charge is 0.269 e. The second-order valence-corrected chi connectivity index (χ2v) is 4.12. The number of pyridine rings is 1. The van der Waals surface area contributed by atoms with Gasteiger partial charge in [0.2, 0.25) is 0 Å². The molecule has 2 aromatic heterocycles. The lowest BCUT2D eigenvalue weighted by atomic mass is 10.2. The fraction of sp³-hybridized carbons (Fsp3) is 0.308. The summed E-state index contributed by atoms with van der Waals surface area (Å²) in [5.74, 6) is -0.103. The van der Waals surface area contributed by atoms with Crippen molar-refractivity contribution in [2.75, 3.05) is 6.54 Å². The molecule has 0 radical (unpaired) electrons. The summed E-state index contributed by atoms with van der Waals surface area (Å²) in [6.07, 6.45) is 2.48. The van der Waals surface area contributed by atoms with Gasteiger partial charge in [0.1, 0.15) is 5.69 Å². The van der Waals surface area contributed by atoms with E-state index in [1.54, 1.807) is 24.0 Å². The number of aryl methyl sites for hydroxylation is 2. The number of hydrogen-bond donors (Lipinski definition) is 1. The largest absolute Gasteiger partial charge is 0.350 e. The lowest BCUT2D eigenvalue weighted by Gasteiger charge is -2.04. The molecule has 1 amide bonds. The molecule has 0 aliphatic heterocycles. The van der Waals surface area contributed by atoms with Gasteiger partial charge in [0.05, 0.1) is 5.69 Å². The number of carbonyl (C=O) groups excluding carboxylic acids is 1. The van der Waals surface area contributed by atoms with E-state index in [1.807, 2.05) is 25.1 Å². The molecule has 0 bridgehead atoms. The molecule has 5 heteroatoms. The first-order valence-corrected chi connectivity index (χ1v) is 5.85. The second kappa shape index (κ2) is 5.44. The third kappa shape index (κ3) is 2.94. The standard InChI is InChI=1S/C13H16N4O/c1-10-9-12(17(2)16-10)13(18)15-8-6-11-5-3-4-7-14-11/h3-5,7,9H,6,8H2,1-2H3,(H,15,18). The predicted molar refractivity (Wildman–Crippen MR) is 68.2 cm³/mol. The Morgan fingerprint density at radius 2 is 2.28 bits per heavy atom. The zero-order chi connectivity index (χ0) is 13.0. The number of amides is 1. The minimum Gasteiger partial charge on any atom is -0.350 e. The molecule has 0 atom stereocenters. The van der Waals surface area contributed by atoms with Gasteiger partial charge in [-0.05, 0) is 25.1 Å². The minimum absolute atomic E-state index is 0.103. The molecule has 0 unspecified atom stereocenters. The fourth-order valence-electron chi connectivity index (χ4n) is 1.76. The van der Waals surface area contributed by atoms with Gasteiger partial charge in [-0.15, -0.1) is 0 Å². The lowest BCUT2D eigenvalue weighted by molar-refractivity contribution is 0.0944. The molecule has 1 N–H and O–H groups in total. The predicted octanol–water partition coefficient (Wildman–Crippen LogP) is 1.10. The third-order valence-corrected chi connectivity index (χ3v) is 2.63. The number of nitrogens with zero attached hydrogens (tertiary/aromatic N) is 3. The molecule has 94 valence electrons. The van der Waals surface area contributed by atoms with Crippen molar-refractivity contribution in [3.63, 3.8) is 0 Å². The van der Waals surface area contributed by atoms with Crippen molar-refractivity contribution in [1.29, 1.82) is 0 Å². The number of aromatic nitrogens is 3. The Morgan fingerprint density at radius 1 is 1.44 bits per heavy atom. The maximum absolute atomic E-state index is 11.9. The molecule has 0 aliphatic rings. The maximum atomic E-state index is 11.9. The van der Waals surface area contributed by atoms with E-state index < -0.39 is 0 Å². The quantitative estimate of drug-likeness (QED) is 0.876. The number of nitrogens with one attached hydrogen (secondary N) is 1. The van der Waals surface area contributed by atoms with Crippen LogP contribution in [0.25, 0.3) is 0 Å². The molecule has 0 saturated carbocycles. The van der Waals surface area contributed by atoms with Crippen LogP contribution in [0.3, 0.4) is 0 Å². The van der Waals surface area contributed by atoms with Gasteiger partial charge < -0.3 is 5.32 Å². The minimum atomic E-state index is -0.103. The van der Waals surface area contributed by atoms with Crippen molar-refractivity contribution in [2.24, 2.45) is 7.05 Å². The SMILES string of the molecule is Cc1cc(C(=O)NCCc2ccccn2)n(C)n1. The average molecular weight is 244 g/mol. The Balaban J connectivity index is 1.87. The number of hydrogen-bond acceptors (Lipinski definition) is 3. The van der Waals surface area contributed by atoms with Crippen LogP contribution in [-0.2, 0) is 13.5 Å². The number of rotatable bonds is 4. The molecule has 2 aromatic rings. The molecule has 2 heterocycles. The summed E-state index contributed by atoms with van der Waals surface area (Å²) < 4.78 is 1.59. The van der Waals surface area contributed by atoms with Crippen LogP contribution in [0.5, 0.6) is 0 Å². The Morgan fingerprint density at radius 3 is 2.89 bits per heavy atom. The van der Waals surface area contributed by atoms with E-state index in [1.165, 1.54) is 0 Å². The van der Waals surface area contributed by atoms with Crippen LogP contribution in [-0.4, -0.2) is 27.2 Å². The van der Waals surface area contributed by atoms with Gasteiger partial charge in [0.25, 0.3) is 5.91 Å². The van der Waals surface area contributed by atoms with Gasteiger partial charge in [-0.1, -0.05) is 6.07 Å². The van der Waals surface area contributed by atoms with Gasteiger partial charge in [-0.2, -0.15) is 5.10 Å². The Kier molecular flexibility index (Phi) is 3.72. The molecule has 5 nitrogen and oxygen atoms in total. The molecular formula is C13H16N4O. The highest BCUT2D eigenvalue weighted by Crippen LogP contribution is 2.01. The molecular weight excluding hydrogens is 228 g/mol. The highest BCUT2D eigenvalue weighted by Gasteiger charge is 2.10. The monoisotopic (exact) mass is 244 g/mol. The summed E-state index contributed by atoms with van der Waals surface area (Å²) in [4.78, 5) is 16.1. The van der Waals surface area contributed by atoms with Crippen LogP contribution in [0.2, 0.25) is 0 Å². The van der Waals surface area contributed by atoms with Gasteiger partial charge >= 0.3 is 0 Å². The summed E-state index contributed by atoms with van der Waals surface area (Å²) in [7, 11) is 1.76. The van der Waals surface area contributed by atoms with Crippen molar-refractivity contribution in [2.45, 2.75) is 13.3 Å². The number of carbonyl (C=O) groups is 1. The van der Waals surface area contributed by atoms with Crippen molar-refractivity contribution >= 4 is 5.91 Å². The van der Waals surface area contributed by atoms with Crippen LogP contribution in [0.1, 0.15) is 21.9 Å². The summed E-state index contributed by atoms with van der Waals surface area (Å²) in [6, 6.07) is 7.53. The molecule has 0 spiro atoms. The molecule has 0 saturated heterocycles. The molecule has 2 rings (SSSR count). The van der Waals surface area contributed by atoms with E-state index in [0.717, 1.165) is 17.8 Å². The van der Waals surface area contributed by atoms with E-state index in [-0.39, 0.29) is 5.91 Å². The first kappa shape index (κ1) is 12.3. The molecule has 18 heavy (non-hydrogen) atoms. The Bertz CT molecular complexity index is 533. The van der Waals surface area contributed by atoms with Crippen LogP contribution in [0, 0.1) is 6.92 Å². The van der Waals surface area contributed by atoms with Crippen molar-refractivity contribution in [1.82, 2.24) is 20.1 Å². The van der Waals surface area contributed by atoms with Gasteiger partial charge in [0.15, 0.2) is 0 Å². The van der Waals surface area contributed by atoms with E-state index in [0.29, 0.717) is 12.2 Å².